The third kappa shape index (κ3) is 4.15. The number of hydrogen-bond acceptors (Lipinski definition) is 9. The third-order valence-electron chi connectivity index (χ3n) is 3.79. The van der Waals surface area contributed by atoms with E-state index in [-0.39, 0.29) is 11.4 Å². The number of anilines is 3. The molecule has 2 aromatic heterocycles. The maximum Gasteiger partial charge on any atom is 0.271 e. The Morgan fingerprint density at radius 2 is 2.24 bits per heavy atom. The van der Waals surface area contributed by atoms with Crippen molar-refractivity contribution in [3.63, 3.8) is 0 Å². The zero-order valence-corrected chi connectivity index (χ0v) is 13.4. The van der Waals surface area contributed by atoms with Crippen molar-refractivity contribution in [3.8, 4) is 6.07 Å². The molecule has 1 aliphatic rings. The Labute approximate surface area is 143 Å². The van der Waals surface area contributed by atoms with Crippen LogP contribution in [0.3, 0.4) is 0 Å². The van der Waals surface area contributed by atoms with E-state index < -0.39 is 5.91 Å². The second-order valence-corrected chi connectivity index (χ2v) is 5.62. The molecule has 3 heterocycles. The summed E-state index contributed by atoms with van der Waals surface area (Å²) in [5.74, 6) is 0.626. The minimum Gasteiger partial charge on any atom is -0.383 e. The summed E-state index contributed by atoms with van der Waals surface area (Å²) in [5.41, 5.74) is 6.18. The average molecular weight is 339 g/mol. The van der Waals surface area contributed by atoms with E-state index in [1.54, 1.807) is 6.07 Å². The van der Waals surface area contributed by atoms with E-state index in [1.165, 1.54) is 12.4 Å². The molecule has 1 fully saturated rings. The number of nitrogens with zero attached hydrogens (tertiary/aromatic N) is 5. The number of nitrogens with one attached hydrogen (secondary N) is 3. The third-order valence-corrected chi connectivity index (χ3v) is 3.79. The van der Waals surface area contributed by atoms with Gasteiger partial charge in [0.15, 0.2) is 17.2 Å². The van der Waals surface area contributed by atoms with Gasteiger partial charge in [-0.2, -0.15) is 5.26 Å². The fourth-order valence-corrected chi connectivity index (χ4v) is 2.49. The molecule has 25 heavy (non-hydrogen) atoms. The van der Waals surface area contributed by atoms with Gasteiger partial charge in [0.2, 0.25) is 0 Å². The normalized spacial score (nSPS) is 16.2. The van der Waals surface area contributed by atoms with Gasteiger partial charge in [0.05, 0.1) is 18.1 Å². The average Bonchev–Trinajstić information content (AvgIpc) is 3.14. The standard InChI is InChI=1S/C15H17N9O/c16-4-10-7-21-13(8-19-10)22-12-3-11(14(15(17)25)24-23-12)20-6-9-1-2-18-5-9/h3,7-9,18H,1-2,5-6H2,(H2,17,25)(H2,20,21,22,23). The lowest BCUT2D eigenvalue weighted by atomic mass is 10.1. The number of nitriles is 1. The maximum atomic E-state index is 11.6. The monoisotopic (exact) mass is 339 g/mol. The SMILES string of the molecule is N#Cc1cnc(Nc2cc(NCC3CCNC3)c(C(N)=O)nn2)cn1. The van der Waals surface area contributed by atoms with Crippen LogP contribution >= 0.6 is 0 Å². The van der Waals surface area contributed by atoms with Gasteiger partial charge in [-0.3, -0.25) is 4.79 Å². The van der Waals surface area contributed by atoms with Gasteiger partial charge in [0.1, 0.15) is 11.9 Å². The van der Waals surface area contributed by atoms with E-state index in [9.17, 15) is 4.79 Å². The minimum atomic E-state index is -0.649. The van der Waals surface area contributed by atoms with Crippen LogP contribution in [0.15, 0.2) is 18.5 Å². The first kappa shape index (κ1) is 16.5. The minimum absolute atomic E-state index is 0.0856. The lowest BCUT2D eigenvalue weighted by Gasteiger charge is -2.14. The highest BCUT2D eigenvalue weighted by Gasteiger charge is 2.17. The van der Waals surface area contributed by atoms with Crippen LogP contribution in [0.4, 0.5) is 17.3 Å². The Bertz CT molecular complexity index is 794. The van der Waals surface area contributed by atoms with E-state index in [2.05, 4.69) is 36.1 Å². The van der Waals surface area contributed by atoms with Crippen LogP contribution in [-0.4, -0.2) is 45.7 Å². The Hall–Kier alpha value is -3.32. The van der Waals surface area contributed by atoms with Crippen LogP contribution in [0, 0.1) is 17.2 Å². The highest BCUT2D eigenvalue weighted by atomic mass is 16.1. The summed E-state index contributed by atoms with van der Waals surface area (Å²) >= 11 is 0. The first-order valence-corrected chi connectivity index (χ1v) is 7.77. The predicted octanol–water partition coefficient (Wildman–Crippen LogP) is 0.00218. The molecule has 1 unspecified atom stereocenters. The van der Waals surface area contributed by atoms with Crippen molar-refractivity contribution < 1.29 is 4.79 Å². The number of primary amides is 1. The van der Waals surface area contributed by atoms with Gasteiger partial charge in [-0.25, -0.2) is 9.97 Å². The van der Waals surface area contributed by atoms with Crippen molar-refractivity contribution in [2.24, 2.45) is 11.7 Å². The highest BCUT2D eigenvalue weighted by Crippen LogP contribution is 2.19. The van der Waals surface area contributed by atoms with E-state index in [0.29, 0.717) is 29.8 Å². The van der Waals surface area contributed by atoms with E-state index in [1.807, 2.05) is 6.07 Å². The van der Waals surface area contributed by atoms with Gasteiger partial charge in [-0.15, -0.1) is 10.2 Å². The second-order valence-electron chi connectivity index (χ2n) is 5.62. The van der Waals surface area contributed by atoms with Crippen LogP contribution in [0.2, 0.25) is 0 Å². The summed E-state index contributed by atoms with van der Waals surface area (Å²) in [4.78, 5) is 19.5. The smallest absolute Gasteiger partial charge is 0.271 e. The number of rotatable bonds is 6. The lowest BCUT2D eigenvalue weighted by Crippen LogP contribution is -2.21. The molecule has 0 aromatic carbocycles. The van der Waals surface area contributed by atoms with Gasteiger partial charge in [-0.1, -0.05) is 0 Å². The molecule has 3 rings (SSSR count). The molecular formula is C15H17N9O. The van der Waals surface area contributed by atoms with Gasteiger partial charge in [0.25, 0.3) is 5.91 Å². The van der Waals surface area contributed by atoms with Crippen LogP contribution < -0.4 is 21.7 Å². The molecule has 0 radical (unpaired) electrons. The molecule has 0 saturated carbocycles. The molecule has 10 heteroatoms. The Morgan fingerprint density at radius 1 is 1.36 bits per heavy atom. The van der Waals surface area contributed by atoms with Crippen LogP contribution in [-0.2, 0) is 0 Å². The van der Waals surface area contributed by atoms with Gasteiger partial charge in [-0.05, 0) is 25.4 Å². The Kier molecular flexibility index (Phi) is 4.96. The Morgan fingerprint density at radius 3 is 2.88 bits per heavy atom. The summed E-state index contributed by atoms with van der Waals surface area (Å²) in [5, 5.41) is 26.0. The van der Waals surface area contributed by atoms with E-state index in [4.69, 9.17) is 11.0 Å². The van der Waals surface area contributed by atoms with Crippen molar-refractivity contribution in [2.75, 3.05) is 30.3 Å². The topological polar surface area (TPSA) is 155 Å². The fourth-order valence-electron chi connectivity index (χ4n) is 2.49. The summed E-state index contributed by atoms with van der Waals surface area (Å²) < 4.78 is 0. The number of nitrogens with two attached hydrogens (primary N) is 1. The number of aromatic nitrogens is 4. The number of hydrogen-bond donors (Lipinski definition) is 4. The van der Waals surface area contributed by atoms with Crippen molar-refractivity contribution >= 4 is 23.2 Å². The second kappa shape index (κ2) is 7.50. The van der Waals surface area contributed by atoms with Crippen molar-refractivity contribution in [1.29, 1.82) is 5.26 Å². The highest BCUT2D eigenvalue weighted by molar-refractivity contribution is 5.96. The largest absolute Gasteiger partial charge is 0.383 e. The van der Waals surface area contributed by atoms with Crippen LogP contribution in [0.1, 0.15) is 22.6 Å². The van der Waals surface area contributed by atoms with Crippen molar-refractivity contribution in [1.82, 2.24) is 25.5 Å². The molecule has 5 N–H and O–H groups in total. The Balaban J connectivity index is 1.76. The predicted molar refractivity (Wildman–Crippen MR) is 90.0 cm³/mol. The molecule has 2 aromatic rings. The van der Waals surface area contributed by atoms with Gasteiger partial charge < -0.3 is 21.7 Å². The molecule has 1 aliphatic heterocycles. The summed E-state index contributed by atoms with van der Waals surface area (Å²) in [6.45, 7) is 2.63. The van der Waals surface area contributed by atoms with E-state index in [0.717, 1.165) is 19.5 Å². The first-order chi connectivity index (χ1) is 12.2. The van der Waals surface area contributed by atoms with E-state index >= 15 is 0 Å². The maximum absolute atomic E-state index is 11.6. The van der Waals surface area contributed by atoms with Crippen LogP contribution in [0.5, 0.6) is 0 Å². The number of carbonyl (C=O) groups excluding carboxylic acids is 1. The fraction of sp³-hybridized carbons (Fsp3) is 0.333. The summed E-state index contributed by atoms with van der Waals surface area (Å²) in [7, 11) is 0. The zero-order chi connectivity index (χ0) is 17.6. The van der Waals surface area contributed by atoms with Gasteiger partial charge >= 0.3 is 0 Å². The van der Waals surface area contributed by atoms with Crippen molar-refractivity contribution in [3.05, 3.63) is 29.8 Å². The molecule has 0 bridgehead atoms. The molecule has 0 aliphatic carbocycles. The summed E-state index contributed by atoms with van der Waals surface area (Å²) in [6, 6.07) is 3.54. The molecule has 1 saturated heterocycles. The summed E-state index contributed by atoms with van der Waals surface area (Å²) in [6.07, 6.45) is 3.84. The quantitative estimate of drug-likeness (QED) is 0.569. The molecule has 1 atom stereocenters. The first-order valence-electron chi connectivity index (χ1n) is 7.77. The molecule has 1 amide bonds. The molecule has 10 nitrogen and oxygen atoms in total. The van der Waals surface area contributed by atoms with Crippen LogP contribution in [0.25, 0.3) is 0 Å². The molecular weight excluding hydrogens is 322 g/mol. The number of carbonyl (C=O) groups is 1. The molecule has 0 spiro atoms. The van der Waals surface area contributed by atoms with Gasteiger partial charge in [0, 0.05) is 12.6 Å². The van der Waals surface area contributed by atoms with Crippen molar-refractivity contribution in [2.45, 2.75) is 6.42 Å². The molecule has 128 valence electrons. The lowest BCUT2D eigenvalue weighted by molar-refractivity contribution is 0.0995. The zero-order valence-electron chi connectivity index (χ0n) is 13.4. The number of amides is 1.